The first-order chi connectivity index (χ1) is 17.0. The number of aromatic nitrogens is 6. The number of piperidine rings is 1. The van der Waals surface area contributed by atoms with Crippen molar-refractivity contribution in [2.45, 2.75) is 35.1 Å². The molecule has 1 aromatic carbocycles. The van der Waals surface area contributed by atoms with Crippen LogP contribution < -0.4 is 5.56 Å². The van der Waals surface area contributed by atoms with Crippen LogP contribution in [0.15, 0.2) is 63.5 Å². The average molecular weight is 508 g/mol. The lowest BCUT2D eigenvalue weighted by Crippen LogP contribution is -2.35. The van der Waals surface area contributed by atoms with Crippen molar-refractivity contribution in [3.05, 3.63) is 64.7 Å². The number of nitrogens with one attached hydrogen (secondary N) is 1. The van der Waals surface area contributed by atoms with E-state index < -0.39 is 10.0 Å². The van der Waals surface area contributed by atoms with Gasteiger partial charge in [-0.2, -0.15) is 4.31 Å². The van der Waals surface area contributed by atoms with E-state index in [0.29, 0.717) is 51.9 Å². The molecule has 0 aliphatic carbocycles. The molecule has 5 heterocycles. The topological polar surface area (TPSA) is 126 Å². The first-order valence-electron chi connectivity index (χ1n) is 11.3. The van der Waals surface area contributed by atoms with Gasteiger partial charge in [0.25, 0.3) is 5.56 Å². The molecule has 178 valence electrons. The number of benzene rings is 1. The quantitative estimate of drug-likeness (QED) is 0.360. The van der Waals surface area contributed by atoms with Crippen LogP contribution in [0.25, 0.3) is 27.7 Å². The molecule has 12 heteroatoms. The number of H-pyrrole nitrogens is 1. The number of thioether (sulfide) groups is 1. The molecule has 1 aliphatic heterocycles. The minimum absolute atomic E-state index is 0.147. The van der Waals surface area contributed by atoms with Crippen molar-refractivity contribution < 1.29 is 8.42 Å². The van der Waals surface area contributed by atoms with Crippen molar-refractivity contribution in [2.75, 3.05) is 13.1 Å². The van der Waals surface area contributed by atoms with Crippen molar-refractivity contribution in [3.8, 4) is 0 Å². The number of rotatable bonds is 5. The summed E-state index contributed by atoms with van der Waals surface area (Å²) in [6.07, 6.45) is 4.51. The Hall–Kier alpha value is -3.35. The predicted octanol–water partition coefficient (Wildman–Crippen LogP) is 2.98. The largest absolute Gasteiger partial charge is 0.338 e. The molecule has 0 atom stereocenters. The summed E-state index contributed by atoms with van der Waals surface area (Å²) in [5.74, 6) is 0.409. The summed E-state index contributed by atoms with van der Waals surface area (Å²) >= 11 is 1.32. The van der Waals surface area contributed by atoms with Gasteiger partial charge in [-0.1, -0.05) is 24.2 Å². The van der Waals surface area contributed by atoms with E-state index in [9.17, 15) is 13.2 Å². The lowest BCUT2D eigenvalue weighted by Gasteiger charge is -2.25. The van der Waals surface area contributed by atoms with Gasteiger partial charge >= 0.3 is 0 Å². The molecule has 10 nitrogen and oxygen atoms in total. The molecule has 6 rings (SSSR count). The lowest BCUT2D eigenvalue weighted by molar-refractivity contribution is 0.346. The standard InChI is InChI=1S/C23H21N7O3S2/c31-20-12-15(24-19-6-2-5-11-30(19)20)14-34-23-26-22-21(27-28-23)17-13-16(7-8-18(17)25-22)35(32,33)29-9-3-1-4-10-29/h2,5-8,11-13H,1,3-4,9-10,14H2,(H,25,26,28). The highest BCUT2D eigenvalue weighted by Gasteiger charge is 2.26. The Bertz CT molecular complexity index is 1740. The number of pyridine rings is 1. The molecule has 35 heavy (non-hydrogen) atoms. The van der Waals surface area contributed by atoms with E-state index in [4.69, 9.17) is 0 Å². The van der Waals surface area contributed by atoms with Gasteiger partial charge in [-0.25, -0.2) is 18.4 Å². The van der Waals surface area contributed by atoms with E-state index >= 15 is 0 Å². The number of aromatic amines is 1. The Morgan fingerprint density at radius 2 is 1.86 bits per heavy atom. The summed E-state index contributed by atoms with van der Waals surface area (Å²) in [6.45, 7) is 1.10. The lowest BCUT2D eigenvalue weighted by atomic mass is 10.2. The third-order valence-electron chi connectivity index (χ3n) is 6.09. The zero-order valence-electron chi connectivity index (χ0n) is 18.6. The van der Waals surface area contributed by atoms with Gasteiger partial charge in [0, 0.05) is 42.0 Å². The van der Waals surface area contributed by atoms with Crippen LogP contribution in [0.5, 0.6) is 0 Å². The van der Waals surface area contributed by atoms with Gasteiger partial charge < -0.3 is 4.98 Å². The molecule has 4 aromatic heterocycles. The van der Waals surface area contributed by atoms with E-state index in [-0.39, 0.29) is 10.5 Å². The van der Waals surface area contributed by atoms with Crippen LogP contribution in [0.2, 0.25) is 0 Å². The summed E-state index contributed by atoms with van der Waals surface area (Å²) in [5, 5.41) is 9.64. The monoisotopic (exact) mass is 507 g/mol. The smallest absolute Gasteiger partial charge is 0.258 e. The van der Waals surface area contributed by atoms with Crippen LogP contribution in [0, 0.1) is 0 Å². The Labute approximate surface area is 204 Å². The van der Waals surface area contributed by atoms with Gasteiger partial charge in [0.2, 0.25) is 15.2 Å². The Kier molecular flexibility index (Phi) is 5.50. The van der Waals surface area contributed by atoms with Crippen molar-refractivity contribution >= 4 is 49.5 Å². The zero-order chi connectivity index (χ0) is 24.0. The van der Waals surface area contributed by atoms with Crippen LogP contribution in [0.4, 0.5) is 0 Å². The van der Waals surface area contributed by atoms with E-state index in [1.807, 2.05) is 6.07 Å². The van der Waals surface area contributed by atoms with Crippen LogP contribution in [-0.4, -0.2) is 55.4 Å². The number of sulfonamides is 1. The molecule has 1 fully saturated rings. The average Bonchev–Trinajstić information content (AvgIpc) is 3.25. The van der Waals surface area contributed by atoms with Gasteiger partial charge in [-0.05, 0) is 43.2 Å². The number of hydrogen-bond acceptors (Lipinski definition) is 8. The van der Waals surface area contributed by atoms with Gasteiger partial charge in [-0.15, -0.1) is 10.2 Å². The highest BCUT2D eigenvalue weighted by molar-refractivity contribution is 7.98. The van der Waals surface area contributed by atoms with Crippen molar-refractivity contribution in [1.29, 1.82) is 0 Å². The van der Waals surface area contributed by atoms with Gasteiger partial charge in [0.15, 0.2) is 5.65 Å². The molecule has 0 unspecified atom stereocenters. The van der Waals surface area contributed by atoms with Gasteiger partial charge in [0.1, 0.15) is 11.2 Å². The van der Waals surface area contributed by atoms with E-state index in [1.165, 1.54) is 22.2 Å². The molecule has 0 radical (unpaired) electrons. The van der Waals surface area contributed by atoms with E-state index in [2.05, 4.69) is 25.1 Å². The van der Waals surface area contributed by atoms with E-state index in [0.717, 1.165) is 24.8 Å². The van der Waals surface area contributed by atoms with Gasteiger partial charge in [0.05, 0.1) is 10.6 Å². The fraction of sp³-hybridized carbons (Fsp3) is 0.261. The van der Waals surface area contributed by atoms with Crippen LogP contribution in [0.1, 0.15) is 25.0 Å². The molecule has 0 saturated carbocycles. The molecule has 5 aromatic rings. The minimum Gasteiger partial charge on any atom is -0.338 e. The van der Waals surface area contributed by atoms with Crippen LogP contribution in [-0.2, 0) is 15.8 Å². The maximum atomic E-state index is 13.1. The molecular formula is C23H21N7O3S2. The van der Waals surface area contributed by atoms with Crippen molar-refractivity contribution in [3.63, 3.8) is 0 Å². The Morgan fingerprint density at radius 1 is 1.00 bits per heavy atom. The molecule has 1 N–H and O–H groups in total. The van der Waals surface area contributed by atoms with Crippen LogP contribution >= 0.6 is 11.8 Å². The molecule has 1 saturated heterocycles. The molecule has 0 bridgehead atoms. The van der Waals surface area contributed by atoms with Crippen molar-refractivity contribution in [1.82, 2.24) is 33.9 Å². The molecular weight excluding hydrogens is 486 g/mol. The maximum Gasteiger partial charge on any atom is 0.258 e. The summed E-state index contributed by atoms with van der Waals surface area (Å²) in [6, 6.07) is 11.9. The van der Waals surface area contributed by atoms with Gasteiger partial charge in [-0.3, -0.25) is 9.20 Å². The fourth-order valence-corrected chi connectivity index (χ4v) is 6.55. The normalized spacial score (nSPS) is 15.3. The fourth-order valence-electron chi connectivity index (χ4n) is 4.33. The highest BCUT2D eigenvalue weighted by atomic mass is 32.2. The summed E-state index contributed by atoms with van der Waals surface area (Å²) < 4.78 is 29.2. The number of hydrogen-bond donors (Lipinski definition) is 1. The summed E-state index contributed by atoms with van der Waals surface area (Å²) in [5.41, 5.74) is 2.84. The Balaban J connectivity index is 1.28. The van der Waals surface area contributed by atoms with E-state index in [1.54, 1.807) is 40.8 Å². The zero-order valence-corrected chi connectivity index (χ0v) is 20.2. The summed E-state index contributed by atoms with van der Waals surface area (Å²) in [4.78, 5) is 24.8. The first kappa shape index (κ1) is 22.1. The SMILES string of the molecule is O=c1cc(CSc2nnc3c(n2)[nH]c2ccc(S(=O)(=O)N4CCCCC4)cc23)nc2ccccn12. The Morgan fingerprint density at radius 3 is 2.71 bits per heavy atom. The molecule has 1 aliphatic rings. The molecule has 0 amide bonds. The number of nitrogens with zero attached hydrogens (tertiary/aromatic N) is 6. The first-order valence-corrected chi connectivity index (χ1v) is 13.7. The highest BCUT2D eigenvalue weighted by Crippen LogP contribution is 2.29. The third kappa shape index (κ3) is 4.07. The minimum atomic E-state index is -3.55. The second-order valence-electron chi connectivity index (χ2n) is 8.39. The number of fused-ring (bicyclic) bond motifs is 4. The molecule has 0 spiro atoms. The van der Waals surface area contributed by atoms with Crippen LogP contribution in [0.3, 0.4) is 0 Å². The second kappa shape index (κ2) is 8.70. The second-order valence-corrected chi connectivity index (χ2v) is 11.3. The maximum absolute atomic E-state index is 13.1. The predicted molar refractivity (Wildman–Crippen MR) is 133 cm³/mol. The third-order valence-corrected chi connectivity index (χ3v) is 8.86. The van der Waals surface area contributed by atoms with Crippen molar-refractivity contribution in [2.24, 2.45) is 0 Å². The summed E-state index contributed by atoms with van der Waals surface area (Å²) in [7, 11) is -3.55.